The Morgan fingerprint density at radius 1 is 1.31 bits per heavy atom. The van der Waals surface area contributed by atoms with Crippen molar-refractivity contribution in [3.8, 4) is 11.3 Å². The fraction of sp³-hybridized carbons (Fsp3) is 0. The second-order valence-corrected chi connectivity index (χ2v) is 3.77. The number of rotatable bonds is 2. The van der Waals surface area contributed by atoms with E-state index in [-0.39, 0.29) is 5.69 Å². The van der Waals surface area contributed by atoms with Crippen LogP contribution in [-0.4, -0.2) is 21.3 Å². The van der Waals surface area contributed by atoms with Gasteiger partial charge in [-0.3, -0.25) is 4.79 Å². The first kappa shape index (κ1) is 10.9. The van der Waals surface area contributed by atoms with Crippen LogP contribution in [0.25, 0.3) is 11.3 Å². The van der Waals surface area contributed by atoms with Gasteiger partial charge in [-0.05, 0) is 6.07 Å². The van der Waals surface area contributed by atoms with E-state index < -0.39 is 5.91 Å². The second kappa shape index (κ2) is 4.11. The van der Waals surface area contributed by atoms with Crippen molar-refractivity contribution >= 4 is 29.1 Å². The summed E-state index contributed by atoms with van der Waals surface area (Å²) in [6.45, 7) is 0. The first-order chi connectivity index (χ1) is 7.61. The molecule has 1 heterocycles. The summed E-state index contributed by atoms with van der Waals surface area (Å²) in [6, 6.07) is 5.01. The summed E-state index contributed by atoms with van der Waals surface area (Å²) >= 11 is 11.9. The maximum absolute atomic E-state index is 11.1. The monoisotopic (exact) mass is 256 g/mol. The number of primary amides is 1. The van der Waals surface area contributed by atoms with Gasteiger partial charge >= 0.3 is 0 Å². The maximum Gasteiger partial charge on any atom is 0.271 e. The van der Waals surface area contributed by atoms with E-state index in [2.05, 4.69) is 15.4 Å². The molecule has 1 aromatic heterocycles. The van der Waals surface area contributed by atoms with Crippen molar-refractivity contribution < 1.29 is 4.79 Å². The number of H-pyrrole nitrogens is 1. The van der Waals surface area contributed by atoms with E-state index in [1.807, 2.05) is 0 Å². The van der Waals surface area contributed by atoms with Gasteiger partial charge in [0.25, 0.3) is 5.91 Å². The number of carbonyl (C=O) groups is 1. The lowest BCUT2D eigenvalue weighted by Gasteiger charge is -2.02. The van der Waals surface area contributed by atoms with E-state index in [4.69, 9.17) is 28.9 Å². The van der Waals surface area contributed by atoms with Gasteiger partial charge in [0.1, 0.15) is 5.69 Å². The van der Waals surface area contributed by atoms with Gasteiger partial charge < -0.3 is 5.73 Å². The van der Waals surface area contributed by atoms with Crippen molar-refractivity contribution in [1.29, 1.82) is 0 Å². The number of nitrogens with one attached hydrogen (secondary N) is 1. The molecule has 0 atom stereocenters. The lowest BCUT2D eigenvalue weighted by molar-refractivity contribution is 0.0996. The van der Waals surface area contributed by atoms with Crippen molar-refractivity contribution in [3.63, 3.8) is 0 Å². The highest BCUT2D eigenvalue weighted by Crippen LogP contribution is 2.33. The summed E-state index contributed by atoms with van der Waals surface area (Å²) in [4.78, 5) is 11.1. The third-order valence-electron chi connectivity index (χ3n) is 1.99. The molecular weight excluding hydrogens is 251 g/mol. The summed E-state index contributed by atoms with van der Waals surface area (Å²) < 4.78 is 0. The Balaban J connectivity index is 2.63. The number of halogens is 2. The minimum absolute atomic E-state index is 0.0316. The largest absolute Gasteiger partial charge is 0.364 e. The normalized spacial score (nSPS) is 10.4. The van der Waals surface area contributed by atoms with Crippen molar-refractivity contribution in [2.75, 3.05) is 0 Å². The quantitative estimate of drug-likeness (QED) is 0.861. The Labute approximate surface area is 101 Å². The topological polar surface area (TPSA) is 84.7 Å². The molecule has 0 unspecified atom stereocenters. The Hall–Kier alpha value is -1.59. The summed E-state index contributed by atoms with van der Waals surface area (Å²) in [6.07, 6.45) is 0. The van der Waals surface area contributed by atoms with Crippen molar-refractivity contribution in [1.82, 2.24) is 15.4 Å². The van der Waals surface area contributed by atoms with Crippen molar-refractivity contribution in [2.45, 2.75) is 0 Å². The Kier molecular flexibility index (Phi) is 2.80. The standard InChI is InChI=1S/C9H6Cl2N4O/c10-5-3-1-2-4(6(5)11)7-8(9(12)16)14-15-13-7/h1-3H,(H2,12,16)(H,13,14,15). The van der Waals surface area contributed by atoms with Crippen LogP contribution in [0.15, 0.2) is 18.2 Å². The molecule has 0 aliphatic carbocycles. The molecule has 3 N–H and O–H groups in total. The Morgan fingerprint density at radius 2 is 2.06 bits per heavy atom. The molecule has 0 aliphatic rings. The Bertz CT molecular complexity index is 552. The number of hydrogen-bond acceptors (Lipinski definition) is 3. The number of hydrogen-bond donors (Lipinski definition) is 2. The van der Waals surface area contributed by atoms with E-state index in [9.17, 15) is 4.79 Å². The molecule has 1 amide bonds. The lowest BCUT2D eigenvalue weighted by atomic mass is 10.1. The predicted octanol–water partition coefficient (Wildman–Crippen LogP) is 1.88. The highest BCUT2D eigenvalue weighted by molar-refractivity contribution is 6.43. The summed E-state index contributed by atoms with van der Waals surface area (Å²) in [5, 5.41) is 10.5. The van der Waals surface area contributed by atoms with Gasteiger partial charge in [-0.1, -0.05) is 35.3 Å². The maximum atomic E-state index is 11.1. The van der Waals surface area contributed by atoms with Crippen LogP contribution in [0.2, 0.25) is 10.0 Å². The van der Waals surface area contributed by atoms with Gasteiger partial charge in [0.15, 0.2) is 5.69 Å². The molecule has 0 saturated carbocycles. The molecular formula is C9H6Cl2N4O. The molecule has 5 nitrogen and oxygen atoms in total. The molecule has 0 spiro atoms. The number of carbonyl (C=O) groups excluding carboxylic acids is 1. The molecule has 0 bridgehead atoms. The lowest BCUT2D eigenvalue weighted by Crippen LogP contribution is -2.12. The summed E-state index contributed by atoms with van der Waals surface area (Å²) in [7, 11) is 0. The number of benzene rings is 1. The van der Waals surface area contributed by atoms with Gasteiger partial charge in [0.05, 0.1) is 10.0 Å². The molecule has 7 heteroatoms. The second-order valence-electron chi connectivity index (χ2n) is 2.99. The van der Waals surface area contributed by atoms with Gasteiger partial charge in [-0.25, -0.2) is 0 Å². The molecule has 2 rings (SSSR count). The number of nitrogens with two attached hydrogens (primary N) is 1. The molecule has 2 aromatic rings. The van der Waals surface area contributed by atoms with Crippen LogP contribution in [0, 0.1) is 0 Å². The minimum atomic E-state index is -0.681. The number of amides is 1. The highest BCUT2D eigenvalue weighted by Gasteiger charge is 2.18. The van der Waals surface area contributed by atoms with E-state index in [1.54, 1.807) is 18.2 Å². The molecule has 1 aromatic carbocycles. The molecule has 0 aliphatic heterocycles. The average molecular weight is 257 g/mol. The van der Waals surface area contributed by atoms with Crippen LogP contribution in [0.5, 0.6) is 0 Å². The van der Waals surface area contributed by atoms with E-state index in [0.717, 1.165) is 0 Å². The first-order valence-corrected chi connectivity index (χ1v) is 5.02. The molecule has 0 saturated heterocycles. The predicted molar refractivity (Wildman–Crippen MR) is 60.4 cm³/mol. The van der Waals surface area contributed by atoms with Crippen LogP contribution >= 0.6 is 23.2 Å². The van der Waals surface area contributed by atoms with E-state index in [0.29, 0.717) is 21.3 Å². The van der Waals surface area contributed by atoms with Crippen molar-refractivity contribution in [2.24, 2.45) is 5.73 Å². The van der Waals surface area contributed by atoms with Gasteiger partial charge in [-0.2, -0.15) is 15.4 Å². The van der Waals surface area contributed by atoms with Crippen LogP contribution < -0.4 is 5.73 Å². The summed E-state index contributed by atoms with van der Waals surface area (Å²) in [5.41, 5.74) is 5.98. The minimum Gasteiger partial charge on any atom is -0.364 e. The number of aromatic nitrogens is 3. The van der Waals surface area contributed by atoms with E-state index >= 15 is 0 Å². The van der Waals surface area contributed by atoms with Gasteiger partial charge in [0.2, 0.25) is 0 Å². The van der Waals surface area contributed by atoms with Crippen LogP contribution in [-0.2, 0) is 0 Å². The van der Waals surface area contributed by atoms with Crippen LogP contribution in [0.4, 0.5) is 0 Å². The number of nitrogens with zero attached hydrogens (tertiary/aromatic N) is 2. The average Bonchev–Trinajstić information content (AvgIpc) is 2.70. The zero-order valence-electron chi connectivity index (χ0n) is 7.87. The third-order valence-corrected chi connectivity index (χ3v) is 2.81. The fourth-order valence-electron chi connectivity index (χ4n) is 1.28. The zero-order chi connectivity index (χ0) is 11.7. The highest BCUT2D eigenvalue weighted by atomic mass is 35.5. The smallest absolute Gasteiger partial charge is 0.271 e. The fourth-order valence-corrected chi connectivity index (χ4v) is 1.67. The van der Waals surface area contributed by atoms with Gasteiger partial charge in [0, 0.05) is 5.56 Å². The Morgan fingerprint density at radius 3 is 2.75 bits per heavy atom. The third kappa shape index (κ3) is 1.75. The SMILES string of the molecule is NC(=O)c1n[nH]nc1-c1cccc(Cl)c1Cl. The molecule has 0 fully saturated rings. The number of aromatic amines is 1. The summed E-state index contributed by atoms with van der Waals surface area (Å²) in [5.74, 6) is -0.681. The molecule has 16 heavy (non-hydrogen) atoms. The van der Waals surface area contributed by atoms with E-state index in [1.165, 1.54) is 0 Å². The van der Waals surface area contributed by atoms with Crippen molar-refractivity contribution in [3.05, 3.63) is 33.9 Å². The first-order valence-electron chi connectivity index (χ1n) is 4.26. The van der Waals surface area contributed by atoms with Crippen LogP contribution in [0.3, 0.4) is 0 Å². The zero-order valence-corrected chi connectivity index (χ0v) is 9.38. The van der Waals surface area contributed by atoms with Gasteiger partial charge in [-0.15, -0.1) is 0 Å². The molecule has 82 valence electrons. The van der Waals surface area contributed by atoms with Crippen LogP contribution in [0.1, 0.15) is 10.5 Å². The molecule has 0 radical (unpaired) electrons.